The zero-order chi connectivity index (χ0) is 38.6. The van der Waals surface area contributed by atoms with E-state index in [1.807, 2.05) is 54.6 Å². The summed E-state index contributed by atoms with van der Waals surface area (Å²) >= 11 is 0. The molecular formula is C52H31N3O2S. The maximum absolute atomic E-state index is 13.8. The molecule has 1 aliphatic heterocycles. The summed E-state index contributed by atoms with van der Waals surface area (Å²) in [7, 11) is -3.72. The van der Waals surface area contributed by atoms with Gasteiger partial charge in [-0.2, -0.15) is 0 Å². The van der Waals surface area contributed by atoms with E-state index < -0.39 is 15.3 Å². The van der Waals surface area contributed by atoms with Crippen molar-refractivity contribution in [2.24, 2.45) is 0 Å². The minimum absolute atomic E-state index is 0.262. The molecule has 1 aromatic heterocycles. The Kier molecular flexibility index (Phi) is 6.87. The van der Waals surface area contributed by atoms with Crippen molar-refractivity contribution in [1.29, 1.82) is 0 Å². The van der Waals surface area contributed by atoms with E-state index >= 15 is 0 Å². The monoisotopic (exact) mass is 761 g/mol. The van der Waals surface area contributed by atoms with Gasteiger partial charge >= 0.3 is 0 Å². The van der Waals surface area contributed by atoms with Gasteiger partial charge in [0.25, 0.3) is 0 Å². The van der Waals surface area contributed by atoms with Crippen LogP contribution in [0.25, 0.3) is 78.7 Å². The Morgan fingerprint density at radius 3 is 1.31 bits per heavy atom. The summed E-state index contributed by atoms with van der Waals surface area (Å²) in [6.45, 7) is 0. The number of fused-ring (bicyclic) bond motifs is 13. The molecule has 0 atom stereocenters. The molecule has 12 rings (SSSR count). The molecule has 5 nitrogen and oxygen atoms in total. The first-order valence-electron chi connectivity index (χ1n) is 19.4. The number of rotatable bonds is 4. The van der Waals surface area contributed by atoms with Crippen LogP contribution < -0.4 is 0 Å². The lowest BCUT2D eigenvalue weighted by Gasteiger charge is -2.30. The Bertz CT molecular complexity index is 3240. The molecule has 0 radical (unpaired) electrons. The van der Waals surface area contributed by atoms with Crippen LogP contribution in [-0.4, -0.2) is 23.4 Å². The maximum Gasteiger partial charge on any atom is 0.207 e. The first kappa shape index (κ1) is 32.9. The molecule has 2 aliphatic carbocycles. The van der Waals surface area contributed by atoms with Crippen molar-refractivity contribution in [1.82, 2.24) is 15.0 Å². The summed E-state index contributed by atoms with van der Waals surface area (Å²) in [5.74, 6) is 1.41. The van der Waals surface area contributed by atoms with E-state index in [9.17, 15) is 8.42 Å². The number of hydrogen-bond acceptors (Lipinski definition) is 5. The molecule has 1 spiro atoms. The Labute approximate surface area is 336 Å². The fraction of sp³-hybridized carbons (Fsp3) is 0.0192. The number of sulfone groups is 1. The van der Waals surface area contributed by atoms with Crippen molar-refractivity contribution in [2.75, 3.05) is 0 Å². The highest BCUT2D eigenvalue weighted by Crippen LogP contribution is 2.63. The van der Waals surface area contributed by atoms with Gasteiger partial charge in [-0.05, 0) is 73.8 Å². The third-order valence-corrected chi connectivity index (χ3v) is 14.0. The lowest BCUT2D eigenvalue weighted by atomic mass is 9.70. The molecule has 0 fully saturated rings. The summed E-state index contributed by atoms with van der Waals surface area (Å²) < 4.78 is 27.7. The van der Waals surface area contributed by atoms with E-state index in [1.165, 1.54) is 44.5 Å². The van der Waals surface area contributed by atoms with E-state index in [-0.39, 0.29) is 4.90 Å². The summed E-state index contributed by atoms with van der Waals surface area (Å²) in [6, 6.07) is 64.0. The number of hydrogen-bond donors (Lipinski definition) is 0. The van der Waals surface area contributed by atoms with Crippen molar-refractivity contribution in [3.63, 3.8) is 0 Å². The molecule has 0 N–H and O–H groups in total. The fourth-order valence-corrected chi connectivity index (χ4v) is 11.3. The lowest BCUT2D eigenvalue weighted by Crippen LogP contribution is -2.25. The van der Waals surface area contributed by atoms with Gasteiger partial charge < -0.3 is 0 Å². The van der Waals surface area contributed by atoms with E-state index in [0.717, 1.165) is 22.3 Å². The second kappa shape index (κ2) is 12.1. The third-order valence-electron chi connectivity index (χ3n) is 12.1. The summed E-state index contributed by atoms with van der Waals surface area (Å²) in [5.41, 5.74) is 15.2. The van der Waals surface area contributed by atoms with Crippen LogP contribution in [0.5, 0.6) is 0 Å². The van der Waals surface area contributed by atoms with Crippen molar-refractivity contribution in [3.05, 3.63) is 210 Å². The van der Waals surface area contributed by atoms with Crippen LogP contribution in [0.2, 0.25) is 0 Å². The average Bonchev–Trinajstić information content (AvgIpc) is 3.85. The van der Waals surface area contributed by atoms with E-state index in [0.29, 0.717) is 39.1 Å². The highest BCUT2D eigenvalue weighted by Gasteiger charge is 2.51. The van der Waals surface area contributed by atoms with Gasteiger partial charge in [0, 0.05) is 27.8 Å². The van der Waals surface area contributed by atoms with Gasteiger partial charge in [0.15, 0.2) is 17.5 Å². The van der Waals surface area contributed by atoms with Crippen molar-refractivity contribution < 1.29 is 8.42 Å². The normalized spacial score (nSPS) is 14.3. The molecule has 272 valence electrons. The van der Waals surface area contributed by atoms with Crippen LogP contribution >= 0.6 is 0 Å². The maximum atomic E-state index is 13.8. The highest BCUT2D eigenvalue weighted by atomic mass is 32.2. The fourth-order valence-electron chi connectivity index (χ4n) is 9.59. The molecule has 0 saturated heterocycles. The van der Waals surface area contributed by atoms with Crippen LogP contribution in [0, 0.1) is 0 Å². The predicted molar refractivity (Wildman–Crippen MR) is 229 cm³/mol. The molecule has 58 heavy (non-hydrogen) atoms. The van der Waals surface area contributed by atoms with Gasteiger partial charge in [-0.25, -0.2) is 23.4 Å². The van der Waals surface area contributed by atoms with Gasteiger partial charge in [0.2, 0.25) is 9.84 Å². The number of aromatic nitrogens is 3. The van der Waals surface area contributed by atoms with Crippen LogP contribution in [0.15, 0.2) is 198 Å². The van der Waals surface area contributed by atoms with Crippen LogP contribution in [0.4, 0.5) is 0 Å². The first-order chi connectivity index (χ1) is 28.5. The SMILES string of the molecule is O=S1(=O)c2ccccc2-c2ccc(-c3nc(-c4ccc(-c5ccccc5)cc4)nc(-c4ccc5c(c4)C4(c6ccccc6-c6ccccc64)c4ccccc4-5)n3)cc21. The standard InChI is InChI=1S/C52H31N3O2S/c56-58(57)47-21-11-7-17-41(47)42-29-27-36(31-48(42)58)51-54-49(34-24-22-33(23-25-34)32-12-2-1-3-13-32)53-50(55-51)35-26-28-40-39-16-6-10-20-45(39)52(46(40)30-35)43-18-8-4-14-37(43)38-15-5-9-19-44(38)52/h1-31H. The molecule has 3 aliphatic rings. The van der Waals surface area contributed by atoms with Crippen molar-refractivity contribution >= 4 is 9.84 Å². The highest BCUT2D eigenvalue weighted by molar-refractivity contribution is 7.92. The second-order valence-electron chi connectivity index (χ2n) is 15.1. The van der Waals surface area contributed by atoms with Crippen molar-refractivity contribution in [3.8, 4) is 78.7 Å². The van der Waals surface area contributed by atoms with Crippen LogP contribution in [0.1, 0.15) is 22.3 Å². The molecule has 0 saturated carbocycles. The lowest BCUT2D eigenvalue weighted by molar-refractivity contribution is 0.598. The number of nitrogens with zero attached hydrogens (tertiary/aromatic N) is 3. The van der Waals surface area contributed by atoms with Crippen LogP contribution in [-0.2, 0) is 15.3 Å². The minimum atomic E-state index is -3.72. The van der Waals surface area contributed by atoms with Crippen molar-refractivity contribution in [2.45, 2.75) is 15.2 Å². The Morgan fingerprint density at radius 2 is 0.707 bits per heavy atom. The molecule has 0 amide bonds. The van der Waals surface area contributed by atoms with Gasteiger partial charge in [0.1, 0.15) is 0 Å². The summed E-state index contributed by atoms with van der Waals surface area (Å²) in [6.07, 6.45) is 0. The van der Waals surface area contributed by atoms with Gasteiger partial charge in [-0.1, -0.05) is 170 Å². The summed E-state index contributed by atoms with van der Waals surface area (Å²) in [4.78, 5) is 15.9. The Balaban J connectivity index is 1.07. The van der Waals surface area contributed by atoms with Gasteiger partial charge in [-0.3, -0.25) is 0 Å². The zero-order valence-corrected chi connectivity index (χ0v) is 31.8. The molecular weight excluding hydrogens is 731 g/mol. The zero-order valence-electron chi connectivity index (χ0n) is 31.0. The minimum Gasteiger partial charge on any atom is -0.218 e. The molecule has 6 heteroatoms. The Morgan fingerprint density at radius 1 is 0.310 bits per heavy atom. The molecule has 2 heterocycles. The quantitative estimate of drug-likeness (QED) is 0.179. The third kappa shape index (κ3) is 4.52. The van der Waals surface area contributed by atoms with E-state index in [4.69, 9.17) is 15.0 Å². The predicted octanol–water partition coefficient (Wildman–Crippen LogP) is 11.7. The van der Waals surface area contributed by atoms with Gasteiger partial charge in [-0.15, -0.1) is 0 Å². The molecule has 9 aromatic rings. The van der Waals surface area contributed by atoms with Gasteiger partial charge in [0.05, 0.1) is 15.2 Å². The number of benzene rings is 8. The van der Waals surface area contributed by atoms with E-state index in [2.05, 4.69) is 115 Å². The summed E-state index contributed by atoms with van der Waals surface area (Å²) in [5, 5.41) is 0. The molecule has 0 bridgehead atoms. The largest absolute Gasteiger partial charge is 0.218 e. The topological polar surface area (TPSA) is 72.8 Å². The van der Waals surface area contributed by atoms with E-state index in [1.54, 1.807) is 18.2 Å². The first-order valence-corrected chi connectivity index (χ1v) is 20.8. The second-order valence-corrected chi connectivity index (χ2v) is 17.0. The van der Waals surface area contributed by atoms with Crippen LogP contribution in [0.3, 0.4) is 0 Å². The smallest absolute Gasteiger partial charge is 0.207 e. The Hall–Kier alpha value is -7.28. The molecule has 8 aromatic carbocycles. The average molecular weight is 762 g/mol. The molecule has 0 unspecified atom stereocenters.